The molecule has 0 aliphatic heterocycles. The van der Waals surface area contributed by atoms with Crippen LogP contribution in [0.1, 0.15) is 37.1 Å². The summed E-state index contributed by atoms with van der Waals surface area (Å²) in [6, 6.07) is 15.2. The van der Waals surface area contributed by atoms with Crippen molar-refractivity contribution in [1.82, 2.24) is 19.2 Å². The number of aryl methyl sites for hydroxylation is 2. The third-order valence-corrected chi connectivity index (χ3v) is 7.38. The number of hydrogen-bond acceptors (Lipinski definition) is 4. The van der Waals surface area contributed by atoms with Crippen molar-refractivity contribution in [1.29, 1.82) is 0 Å². The van der Waals surface area contributed by atoms with Crippen LogP contribution >= 0.6 is 0 Å². The number of imidazole rings is 1. The Morgan fingerprint density at radius 3 is 2.55 bits per heavy atom. The van der Waals surface area contributed by atoms with Crippen LogP contribution < -0.4 is 5.32 Å². The minimum absolute atomic E-state index is 0.0109. The highest BCUT2D eigenvalue weighted by Crippen LogP contribution is 2.22. The van der Waals surface area contributed by atoms with Gasteiger partial charge in [0.1, 0.15) is 5.82 Å². The van der Waals surface area contributed by atoms with E-state index in [-0.39, 0.29) is 10.8 Å². The first-order chi connectivity index (χ1) is 14.7. The van der Waals surface area contributed by atoms with E-state index in [9.17, 15) is 13.2 Å². The molecule has 31 heavy (non-hydrogen) atoms. The number of nitrogens with zero attached hydrogens (tertiary/aromatic N) is 3. The molecule has 1 amide bonds. The summed E-state index contributed by atoms with van der Waals surface area (Å²) in [7, 11) is 1.37. The van der Waals surface area contributed by atoms with Gasteiger partial charge in [0.15, 0.2) is 0 Å². The molecular formula is C23H30N4O3S. The SMILES string of the molecule is CC(CCNC(=O)CCc1nc2cc(S(=O)(=O)N(C)C)ccc2n1C)c1ccccc1. The Labute approximate surface area is 184 Å². The van der Waals surface area contributed by atoms with E-state index in [1.54, 1.807) is 18.2 Å². The topological polar surface area (TPSA) is 84.3 Å². The molecule has 7 nitrogen and oxygen atoms in total. The lowest BCUT2D eigenvalue weighted by Gasteiger charge is -2.12. The average Bonchev–Trinajstić information content (AvgIpc) is 3.07. The molecular weight excluding hydrogens is 412 g/mol. The molecule has 0 bridgehead atoms. The Morgan fingerprint density at radius 1 is 1.16 bits per heavy atom. The Bertz CT molecular complexity index is 1150. The van der Waals surface area contributed by atoms with E-state index in [0.29, 0.717) is 30.8 Å². The molecule has 1 aromatic heterocycles. The van der Waals surface area contributed by atoms with Gasteiger partial charge in [-0.05, 0) is 36.1 Å². The smallest absolute Gasteiger partial charge is 0.242 e. The summed E-state index contributed by atoms with van der Waals surface area (Å²) in [4.78, 5) is 17.1. The van der Waals surface area contributed by atoms with Gasteiger partial charge in [0, 0.05) is 40.5 Å². The molecule has 3 rings (SSSR count). The molecule has 0 saturated heterocycles. The molecule has 0 spiro atoms. The van der Waals surface area contributed by atoms with E-state index in [0.717, 1.165) is 17.8 Å². The van der Waals surface area contributed by atoms with E-state index in [2.05, 4.69) is 29.4 Å². The van der Waals surface area contributed by atoms with Crippen LogP contribution in [0.5, 0.6) is 0 Å². The van der Waals surface area contributed by atoms with Crippen molar-refractivity contribution in [3.05, 3.63) is 59.9 Å². The zero-order valence-electron chi connectivity index (χ0n) is 18.5. The van der Waals surface area contributed by atoms with Gasteiger partial charge in [-0.25, -0.2) is 17.7 Å². The molecule has 3 aromatic rings. The Balaban J connectivity index is 1.58. The summed E-state index contributed by atoms with van der Waals surface area (Å²) in [6.07, 6.45) is 1.70. The highest BCUT2D eigenvalue weighted by Gasteiger charge is 2.19. The lowest BCUT2D eigenvalue weighted by atomic mass is 9.98. The van der Waals surface area contributed by atoms with Crippen molar-refractivity contribution in [3.8, 4) is 0 Å². The zero-order chi connectivity index (χ0) is 22.6. The van der Waals surface area contributed by atoms with Crippen LogP contribution in [0.3, 0.4) is 0 Å². The lowest BCUT2D eigenvalue weighted by Crippen LogP contribution is -2.25. The number of carbonyl (C=O) groups is 1. The molecule has 0 aliphatic rings. The van der Waals surface area contributed by atoms with Crippen LogP contribution in [0.15, 0.2) is 53.4 Å². The fourth-order valence-electron chi connectivity index (χ4n) is 3.51. The first-order valence-electron chi connectivity index (χ1n) is 10.4. The molecule has 1 atom stereocenters. The van der Waals surface area contributed by atoms with Crippen molar-refractivity contribution >= 4 is 27.0 Å². The zero-order valence-corrected chi connectivity index (χ0v) is 19.3. The summed E-state index contributed by atoms with van der Waals surface area (Å²) < 4.78 is 27.8. The van der Waals surface area contributed by atoms with Crippen molar-refractivity contribution in [2.75, 3.05) is 20.6 Å². The summed E-state index contributed by atoms with van der Waals surface area (Å²) in [6.45, 7) is 2.79. The van der Waals surface area contributed by atoms with E-state index in [1.165, 1.54) is 24.0 Å². The standard InChI is InChI=1S/C23H30N4O3S/c1-17(18-8-6-5-7-9-18)14-15-24-23(28)13-12-22-25-20-16-19(31(29,30)26(2)3)10-11-21(20)27(22)4/h5-11,16-17H,12-15H2,1-4H3,(H,24,28). The van der Waals surface area contributed by atoms with Crippen LogP contribution in [0.2, 0.25) is 0 Å². The number of amides is 1. The van der Waals surface area contributed by atoms with Gasteiger partial charge in [-0.15, -0.1) is 0 Å². The van der Waals surface area contributed by atoms with Gasteiger partial charge in [-0.3, -0.25) is 4.79 Å². The van der Waals surface area contributed by atoms with Crippen LogP contribution in [0.25, 0.3) is 11.0 Å². The third-order valence-electron chi connectivity index (χ3n) is 5.57. The van der Waals surface area contributed by atoms with Crippen molar-refractivity contribution < 1.29 is 13.2 Å². The molecule has 1 N–H and O–H groups in total. The number of fused-ring (bicyclic) bond motifs is 1. The van der Waals surface area contributed by atoms with Gasteiger partial charge in [0.05, 0.1) is 15.9 Å². The van der Waals surface area contributed by atoms with Gasteiger partial charge < -0.3 is 9.88 Å². The lowest BCUT2D eigenvalue weighted by molar-refractivity contribution is -0.121. The fraction of sp³-hybridized carbons (Fsp3) is 0.391. The van der Waals surface area contributed by atoms with Crippen molar-refractivity contribution in [3.63, 3.8) is 0 Å². The van der Waals surface area contributed by atoms with Crippen LogP contribution in [-0.2, 0) is 28.3 Å². The highest BCUT2D eigenvalue weighted by atomic mass is 32.2. The summed E-state index contributed by atoms with van der Waals surface area (Å²) in [5.74, 6) is 1.12. The number of sulfonamides is 1. The largest absolute Gasteiger partial charge is 0.356 e. The van der Waals surface area contributed by atoms with Gasteiger partial charge in [0.2, 0.25) is 15.9 Å². The van der Waals surface area contributed by atoms with Gasteiger partial charge in [-0.2, -0.15) is 0 Å². The van der Waals surface area contributed by atoms with Crippen LogP contribution in [0.4, 0.5) is 0 Å². The Morgan fingerprint density at radius 2 is 1.87 bits per heavy atom. The monoisotopic (exact) mass is 442 g/mol. The van der Waals surface area contributed by atoms with Gasteiger partial charge in [-0.1, -0.05) is 37.3 Å². The third kappa shape index (κ3) is 5.32. The van der Waals surface area contributed by atoms with Gasteiger partial charge in [0.25, 0.3) is 0 Å². The number of hydrogen-bond donors (Lipinski definition) is 1. The second kappa shape index (κ2) is 9.62. The molecule has 166 valence electrons. The van der Waals surface area contributed by atoms with E-state index >= 15 is 0 Å². The van der Waals surface area contributed by atoms with E-state index in [4.69, 9.17) is 0 Å². The first kappa shape index (κ1) is 23.0. The predicted molar refractivity (Wildman–Crippen MR) is 122 cm³/mol. The molecule has 8 heteroatoms. The second-order valence-corrected chi connectivity index (χ2v) is 10.1. The molecule has 2 aromatic carbocycles. The Kier molecular flexibility index (Phi) is 7.12. The number of carbonyl (C=O) groups excluding carboxylic acids is 1. The minimum Gasteiger partial charge on any atom is -0.356 e. The van der Waals surface area contributed by atoms with Crippen LogP contribution in [0, 0.1) is 0 Å². The molecule has 0 saturated carbocycles. The molecule has 0 radical (unpaired) electrons. The predicted octanol–water partition coefficient (Wildman–Crippen LogP) is 3.07. The summed E-state index contributed by atoms with van der Waals surface area (Å²) >= 11 is 0. The maximum atomic E-state index is 12.4. The first-order valence-corrected chi connectivity index (χ1v) is 11.8. The summed E-state index contributed by atoms with van der Waals surface area (Å²) in [5, 5.41) is 2.99. The molecule has 0 fully saturated rings. The van der Waals surface area contributed by atoms with Gasteiger partial charge >= 0.3 is 0 Å². The van der Waals surface area contributed by atoms with Crippen molar-refractivity contribution in [2.45, 2.75) is 37.0 Å². The normalized spacial score (nSPS) is 12.9. The Hall–Kier alpha value is -2.71. The number of nitrogens with one attached hydrogen (secondary N) is 1. The van der Waals surface area contributed by atoms with E-state index < -0.39 is 10.0 Å². The van der Waals surface area contributed by atoms with Crippen LogP contribution in [-0.4, -0.2) is 48.8 Å². The molecule has 1 unspecified atom stereocenters. The number of rotatable bonds is 9. The van der Waals surface area contributed by atoms with E-state index in [1.807, 2.05) is 29.8 Å². The number of benzene rings is 2. The second-order valence-electron chi connectivity index (χ2n) is 7.98. The fourth-order valence-corrected chi connectivity index (χ4v) is 4.44. The maximum Gasteiger partial charge on any atom is 0.242 e. The molecule has 1 heterocycles. The minimum atomic E-state index is -3.52. The number of aromatic nitrogens is 2. The molecule has 0 aliphatic carbocycles. The average molecular weight is 443 g/mol. The highest BCUT2D eigenvalue weighted by molar-refractivity contribution is 7.89. The van der Waals surface area contributed by atoms with Crippen molar-refractivity contribution in [2.24, 2.45) is 7.05 Å². The quantitative estimate of drug-likeness (QED) is 0.552. The summed E-state index contributed by atoms with van der Waals surface area (Å²) in [5.41, 5.74) is 2.72. The maximum absolute atomic E-state index is 12.4.